The zero-order chi connectivity index (χ0) is 10.6. The molecule has 0 rings (SSSR count). The van der Waals surface area contributed by atoms with E-state index < -0.39 is 17.6 Å². The average Bonchev–Trinajstić information content (AvgIpc) is 1.98. The fraction of sp³-hybridized carbons (Fsp3) is 0.750. The van der Waals surface area contributed by atoms with Crippen LogP contribution in [0.15, 0.2) is 0 Å². The first kappa shape index (κ1) is 11.9. The molecule has 0 aromatic rings. The van der Waals surface area contributed by atoms with E-state index in [0.29, 0.717) is 0 Å². The normalized spacial score (nSPS) is 13.3. The molecule has 0 aliphatic rings. The molecule has 0 bridgehead atoms. The van der Waals surface area contributed by atoms with Gasteiger partial charge in [-0.25, -0.2) is 9.86 Å². The fourth-order valence-corrected chi connectivity index (χ4v) is 0.586. The van der Waals surface area contributed by atoms with Gasteiger partial charge in [0.1, 0.15) is 5.60 Å². The molecule has 0 aromatic heterocycles. The Balaban J connectivity index is 4.19. The van der Waals surface area contributed by atoms with Crippen molar-refractivity contribution in [2.45, 2.75) is 39.3 Å². The Bertz CT molecular complexity index is 197. The first-order chi connectivity index (χ1) is 5.78. The number of hydrogen-bond donors (Lipinski definition) is 1. The lowest BCUT2D eigenvalue weighted by atomic mass is 10.2. The van der Waals surface area contributed by atoms with E-state index in [1.54, 1.807) is 20.8 Å². The van der Waals surface area contributed by atoms with Crippen LogP contribution in [0, 0.1) is 0 Å². The first-order valence-corrected chi connectivity index (χ1v) is 3.93. The lowest BCUT2D eigenvalue weighted by Crippen LogP contribution is -2.40. The molecular formula is C8H15NO4. The van der Waals surface area contributed by atoms with Crippen molar-refractivity contribution in [3.8, 4) is 0 Å². The summed E-state index contributed by atoms with van der Waals surface area (Å²) in [4.78, 5) is 21.3. The summed E-state index contributed by atoms with van der Waals surface area (Å²) in [5, 5.41) is 9.13. The number of hydrogen-bond acceptors (Lipinski definition) is 4. The maximum absolute atomic E-state index is 11.2. The van der Waals surface area contributed by atoms with Gasteiger partial charge in [0.05, 0.1) is 0 Å². The molecule has 0 radical (unpaired) electrons. The van der Waals surface area contributed by atoms with E-state index in [2.05, 4.69) is 0 Å². The van der Waals surface area contributed by atoms with Crippen LogP contribution in [0.1, 0.15) is 27.7 Å². The summed E-state index contributed by atoms with van der Waals surface area (Å²) in [5.74, 6) is -0.637. The summed E-state index contributed by atoms with van der Waals surface area (Å²) in [7, 11) is 0. The molecule has 13 heavy (non-hydrogen) atoms. The maximum atomic E-state index is 11.2. The molecule has 0 aromatic carbocycles. The molecule has 0 heterocycles. The summed E-state index contributed by atoms with van der Waals surface area (Å²) in [6, 6.07) is -0.975. The highest BCUT2D eigenvalue weighted by Crippen LogP contribution is 2.09. The molecule has 76 valence electrons. The smallest absolute Gasteiger partial charge is 0.331 e. The number of rotatable bonds is 3. The highest BCUT2D eigenvalue weighted by atomic mass is 16.6. The maximum Gasteiger partial charge on any atom is 0.331 e. The number of carbonyl (C=O) groups is 2. The molecule has 0 spiro atoms. The predicted molar refractivity (Wildman–Crippen MR) is 45.0 cm³/mol. The molecule has 0 aliphatic heterocycles. The standard InChI is InChI=1S/C8H15NO4/c1-6(9(12)5-10)7(11)13-8(2,3)4/h5-6,12H,1-4H3/t6-/m0/s1. The number of ether oxygens (including phenoxy) is 1. The molecule has 0 saturated heterocycles. The largest absolute Gasteiger partial charge is 0.458 e. The molecule has 5 nitrogen and oxygen atoms in total. The Morgan fingerprint density at radius 3 is 2.31 bits per heavy atom. The van der Waals surface area contributed by atoms with Crippen LogP contribution in [0.5, 0.6) is 0 Å². The van der Waals surface area contributed by atoms with Gasteiger partial charge >= 0.3 is 5.97 Å². The number of amides is 1. The first-order valence-electron chi connectivity index (χ1n) is 3.93. The second-order valence-corrected chi connectivity index (χ2v) is 3.69. The molecule has 1 amide bonds. The molecule has 0 fully saturated rings. The van der Waals surface area contributed by atoms with Crippen LogP contribution in [0.3, 0.4) is 0 Å². The molecule has 1 N–H and O–H groups in total. The minimum Gasteiger partial charge on any atom is -0.458 e. The molecule has 0 aliphatic carbocycles. The van der Waals surface area contributed by atoms with Gasteiger partial charge in [-0.1, -0.05) is 0 Å². The molecule has 0 unspecified atom stereocenters. The van der Waals surface area contributed by atoms with E-state index in [1.165, 1.54) is 6.92 Å². The van der Waals surface area contributed by atoms with Gasteiger partial charge in [0.2, 0.25) is 6.41 Å². The van der Waals surface area contributed by atoms with Crippen molar-refractivity contribution in [3.05, 3.63) is 0 Å². The van der Waals surface area contributed by atoms with Crippen LogP contribution in [0.25, 0.3) is 0 Å². The van der Waals surface area contributed by atoms with Gasteiger partial charge in [-0.2, -0.15) is 0 Å². The minimum atomic E-state index is -0.975. The summed E-state index contributed by atoms with van der Waals surface area (Å²) < 4.78 is 4.92. The Morgan fingerprint density at radius 1 is 1.54 bits per heavy atom. The quantitative estimate of drug-likeness (QED) is 0.305. The summed E-state index contributed by atoms with van der Waals surface area (Å²) in [5.41, 5.74) is -0.616. The Labute approximate surface area is 77.2 Å². The van der Waals surface area contributed by atoms with E-state index in [9.17, 15) is 9.59 Å². The van der Waals surface area contributed by atoms with Crippen molar-refractivity contribution in [2.75, 3.05) is 0 Å². The summed E-state index contributed by atoms with van der Waals surface area (Å²) in [6.45, 7) is 6.50. The van der Waals surface area contributed by atoms with Gasteiger partial charge < -0.3 is 4.74 Å². The molecule has 0 saturated carbocycles. The predicted octanol–water partition coefficient (Wildman–Crippen LogP) is 0.564. The Morgan fingerprint density at radius 2 is 2.00 bits per heavy atom. The van der Waals surface area contributed by atoms with Gasteiger partial charge in [-0.3, -0.25) is 10.0 Å². The van der Waals surface area contributed by atoms with E-state index in [4.69, 9.17) is 9.94 Å². The van der Waals surface area contributed by atoms with Crippen LogP contribution in [0.2, 0.25) is 0 Å². The zero-order valence-corrected chi connectivity index (χ0v) is 8.27. The van der Waals surface area contributed by atoms with Crippen LogP contribution >= 0.6 is 0 Å². The van der Waals surface area contributed by atoms with Crippen LogP contribution in [0.4, 0.5) is 0 Å². The molecule has 1 atom stereocenters. The monoisotopic (exact) mass is 189 g/mol. The van der Waals surface area contributed by atoms with Crippen molar-refractivity contribution in [3.63, 3.8) is 0 Å². The minimum absolute atomic E-state index is 0.161. The van der Waals surface area contributed by atoms with Crippen molar-refractivity contribution in [1.82, 2.24) is 5.06 Å². The average molecular weight is 189 g/mol. The third-order valence-electron chi connectivity index (χ3n) is 1.25. The summed E-state index contributed by atoms with van der Waals surface area (Å²) >= 11 is 0. The van der Waals surface area contributed by atoms with Crippen molar-refractivity contribution >= 4 is 12.4 Å². The highest BCUT2D eigenvalue weighted by molar-refractivity contribution is 5.77. The number of hydroxylamine groups is 2. The Kier molecular flexibility index (Phi) is 3.87. The van der Waals surface area contributed by atoms with Crippen molar-refractivity contribution in [1.29, 1.82) is 0 Å². The second kappa shape index (κ2) is 4.23. The molecule has 5 heteroatoms. The lowest BCUT2D eigenvalue weighted by Gasteiger charge is -2.24. The number of carbonyl (C=O) groups excluding carboxylic acids is 2. The number of nitrogens with zero attached hydrogens (tertiary/aromatic N) is 1. The van der Waals surface area contributed by atoms with Gasteiger partial charge in [0, 0.05) is 0 Å². The summed E-state index contributed by atoms with van der Waals surface area (Å²) in [6.07, 6.45) is 0.161. The Hall–Kier alpha value is -1.10. The molecular weight excluding hydrogens is 174 g/mol. The van der Waals surface area contributed by atoms with Gasteiger partial charge in [-0.05, 0) is 27.7 Å². The third-order valence-corrected chi connectivity index (χ3v) is 1.25. The zero-order valence-electron chi connectivity index (χ0n) is 8.27. The second-order valence-electron chi connectivity index (χ2n) is 3.69. The van der Waals surface area contributed by atoms with E-state index in [-0.39, 0.29) is 11.5 Å². The third kappa shape index (κ3) is 4.47. The van der Waals surface area contributed by atoms with E-state index in [1.807, 2.05) is 0 Å². The lowest BCUT2D eigenvalue weighted by molar-refractivity contribution is -0.183. The van der Waals surface area contributed by atoms with Crippen LogP contribution in [-0.2, 0) is 14.3 Å². The topological polar surface area (TPSA) is 66.8 Å². The van der Waals surface area contributed by atoms with Crippen LogP contribution < -0.4 is 0 Å². The highest BCUT2D eigenvalue weighted by Gasteiger charge is 2.25. The number of esters is 1. The van der Waals surface area contributed by atoms with E-state index >= 15 is 0 Å². The van der Waals surface area contributed by atoms with Gasteiger partial charge in [-0.15, -0.1) is 0 Å². The van der Waals surface area contributed by atoms with Gasteiger partial charge in [0.15, 0.2) is 6.04 Å². The van der Waals surface area contributed by atoms with E-state index in [0.717, 1.165) is 0 Å². The fourth-order valence-electron chi connectivity index (χ4n) is 0.586. The SMILES string of the molecule is C[C@@H](C(=O)OC(C)(C)C)N(O)C=O. The van der Waals surface area contributed by atoms with Gasteiger partial charge in [0.25, 0.3) is 0 Å². The van der Waals surface area contributed by atoms with Crippen molar-refractivity contribution < 1.29 is 19.5 Å². The van der Waals surface area contributed by atoms with Crippen molar-refractivity contribution in [2.24, 2.45) is 0 Å². The van der Waals surface area contributed by atoms with Crippen LogP contribution in [-0.4, -0.2) is 34.3 Å².